The molecule has 0 fully saturated rings. The molecule has 0 bridgehead atoms. The molecule has 1 aromatic rings. The van der Waals surface area contributed by atoms with Gasteiger partial charge < -0.3 is 15.6 Å². The minimum Gasteiger partial charge on any atom is -0.459 e. The van der Waals surface area contributed by atoms with Crippen molar-refractivity contribution in [2.75, 3.05) is 6.54 Å². The molecule has 0 saturated heterocycles. The Morgan fingerprint density at radius 2 is 2.19 bits per heavy atom. The molecular weight excluding hydrogens is 213 g/mol. The van der Waals surface area contributed by atoms with Crippen LogP contribution in [0.5, 0.6) is 0 Å². The number of benzene rings is 1. The van der Waals surface area contributed by atoms with E-state index in [9.17, 15) is 14.3 Å². The predicted octanol–water partition coefficient (Wildman–Crippen LogP) is 0.579. The summed E-state index contributed by atoms with van der Waals surface area (Å²) in [5.74, 6) is -1.32. The molecule has 3 N–H and O–H groups in total. The number of halogens is 1. The van der Waals surface area contributed by atoms with Gasteiger partial charge in [-0.3, -0.25) is 0 Å². The molecule has 0 spiro atoms. The van der Waals surface area contributed by atoms with E-state index in [1.807, 2.05) is 0 Å². The van der Waals surface area contributed by atoms with Crippen LogP contribution < -0.4 is 5.73 Å². The lowest BCUT2D eigenvalue weighted by Crippen LogP contribution is -2.43. The summed E-state index contributed by atoms with van der Waals surface area (Å²) in [6, 6.07) is 5.94. The van der Waals surface area contributed by atoms with Crippen LogP contribution >= 0.6 is 0 Å². The van der Waals surface area contributed by atoms with Crippen LogP contribution in [0.1, 0.15) is 12.5 Å². The van der Waals surface area contributed by atoms with Gasteiger partial charge in [0.25, 0.3) is 0 Å². The Bertz CT molecular complexity index is 379. The van der Waals surface area contributed by atoms with Crippen molar-refractivity contribution in [3.8, 4) is 0 Å². The van der Waals surface area contributed by atoms with Gasteiger partial charge in [-0.25, -0.2) is 9.18 Å². The van der Waals surface area contributed by atoms with Crippen LogP contribution in [0.4, 0.5) is 4.39 Å². The van der Waals surface area contributed by atoms with Gasteiger partial charge in [-0.1, -0.05) is 18.2 Å². The molecule has 1 aromatic carbocycles. The fourth-order valence-electron chi connectivity index (χ4n) is 0.998. The maximum Gasteiger partial charge on any atom is 0.339 e. The molecule has 4 nitrogen and oxygen atoms in total. The fraction of sp³-hybridized carbons (Fsp3) is 0.364. The van der Waals surface area contributed by atoms with E-state index in [0.717, 1.165) is 0 Å². The minimum atomic E-state index is -1.73. The molecule has 5 heteroatoms. The number of esters is 1. The summed E-state index contributed by atoms with van der Waals surface area (Å²) < 4.78 is 17.9. The Morgan fingerprint density at radius 3 is 2.75 bits per heavy atom. The largest absolute Gasteiger partial charge is 0.459 e. The quantitative estimate of drug-likeness (QED) is 0.738. The molecule has 0 aromatic heterocycles. The monoisotopic (exact) mass is 227 g/mol. The summed E-state index contributed by atoms with van der Waals surface area (Å²) in [6.07, 6.45) is 0. The van der Waals surface area contributed by atoms with Gasteiger partial charge in [-0.15, -0.1) is 0 Å². The Hall–Kier alpha value is -1.46. The molecule has 0 amide bonds. The second kappa shape index (κ2) is 5.05. The van der Waals surface area contributed by atoms with E-state index in [4.69, 9.17) is 10.5 Å². The summed E-state index contributed by atoms with van der Waals surface area (Å²) in [4.78, 5) is 11.3. The smallest absolute Gasteiger partial charge is 0.339 e. The third-order valence-corrected chi connectivity index (χ3v) is 2.15. The van der Waals surface area contributed by atoms with Gasteiger partial charge in [0, 0.05) is 12.1 Å². The standard InChI is InChI=1S/C11H14FNO3/c1-11(15,7-13)10(14)16-6-8-4-2-3-5-9(8)12/h2-5,15H,6-7,13H2,1H3. The van der Waals surface area contributed by atoms with E-state index in [1.54, 1.807) is 6.07 Å². The average molecular weight is 227 g/mol. The lowest BCUT2D eigenvalue weighted by Gasteiger charge is -2.18. The number of hydrogen-bond acceptors (Lipinski definition) is 4. The van der Waals surface area contributed by atoms with E-state index in [0.29, 0.717) is 0 Å². The summed E-state index contributed by atoms with van der Waals surface area (Å²) >= 11 is 0. The molecule has 1 atom stereocenters. The molecule has 1 unspecified atom stereocenters. The molecule has 0 radical (unpaired) electrons. The van der Waals surface area contributed by atoms with Crippen molar-refractivity contribution in [1.29, 1.82) is 0 Å². The zero-order valence-corrected chi connectivity index (χ0v) is 8.94. The summed E-state index contributed by atoms with van der Waals surface area (Å²) in [7, 11) is 0. The highest BCUT2D eigenvalue weighted by Gasteiger charge is 2.30. The zero-order valence-electron chi connectivity index (χ0n) is 8.94. The lowest BCUT2D eigenvalue weighted by atomic mass is 10.1. The van der Waals surface area contributed by atoms with E-state index < -0.39 is 17.4 Å². The minimum absolute atomic E-state index is 0.221. The van der Waals surface area contributed by atoms with Gasteiger partial charge in [-0.2, -0.15) is 0 Å². The van der Waals surface area contributed by atoms with Crippen LogP contribution in [-0.2, 0) is 16.1 Å². The van der Waals surface area contributed by atoms with Crippen LogP contribution in [0.2, 0.25) is 0 Å². The Morgan fingerprint density at radius 1 is 1.56 bits per heavy atom. The predicted molar refractivity (Wildman–Crippen MR) is 55.9 cm³/mol. The van der Waals surface area contributed by atoms with Crippen molar-refractivity contribution in [1.82, 2.24) is 0 Å². The highest BCUT2D eigenvalue weighted by Crippen LogP contribution is 2.10. The Labute approximate surface area is 92.8 Å². The maximum absolute atomic E-state index is 13.1. The normalized spacial score (nSPS) is 14.2. The van der Waals surface area contributed by atoms with Crippen LogP contribution in [0.25, 0.3) is 0 Å². The first-order chi connectivity index (χ1) is 7.47. The van der Waals surface area contributed by atoms with Crippen molar-refractivity contribution in [2.24, 2.45) is 5.73 Å². The number of aliphatic hydroxyl groups is 1. The lowest BCUT2D eigenvalue weighted by molar-refractivity contribution is -0.164. The molecule has 88 valence electrons. The van der Waals surface area contributed by atoms with E-state index in [1.165, 1.54) is 25.1 Å². The second-order valence-electron chi connectivity index (χ2n) is 3.65. The topological polar surface area (TPSA) is 72.5 Å². The average Bonchev–Trinajstić information content (AvgIpc) is 2.27. The van der Waals surface area contributed by atoms with Crippen molar-refractivity contribution in [3.63, 3.8) is 0 Å². The number of carbonyl (C=O) groups is 1. The number of carbonyl (C=O) groups excluding carboxylic acids is 1. The fourth-order valence-corrected chi connectivity index (χ4v) is 0.998. The first kappa shape index (κ1) is 12.6. The van der Waals surface area contributed by atoms with Crippen molar-refractivity contribution in [2.45, 2.75) is 19.1 Å². The van der Waals surface area contributed by atoms with Gasteiger partial charge >= 0.3 is 5.97 Å². The van der Waals surface area contributed by atoms with Gasteiger partial charge in [0.2, 0.25) is 0 Å². The SMILES string of the molecule is CC(O)(CN)C(=O)OCc1ccccc1F. The molecule has 16 heavy (non-hydrogen) atoms. The van der Waals surface area contributed by atoms with Crippen molar-refractivity contribution < 1.29 is 19.0 Å². The van der Waals surface area contributed by atoms with E-state index in [-0.39, 0.29) is 18.7 Å². The Kier molecular flexibility index (Phi) is 3.98. The van der Waals surface area contributed by atoms with Gasteiger partial charge in [0.15, 0.2) is 5.60 Å². The summed E-state index contributed by atoms with van der Waals surface area (Å²) in [5, 5.41) is 9.45. The van der Waals surface area contributed by atoms with Crippen LogP contribution in [0, 0.1) is 5.82 Å². The highest BCUT2D eigenvalue weighted by atomic mass is 19.1. The van der Waals surface area contributed by atoms with Crippen LogP contribution in [0.15, 0.2) is 24.3 Å². The number of ether oxygens (including phenoxy) is 1. The number of rotatable bonds is 4. The summed E-state index contributed by atoms with van der Waals surface area (Å²) in [5.41, 5.74) is 3.70. The highest BCUT2D eigenvalue weighted by molar-refractivity contribution is 5.79. The van der Waals surface area contributed by atoms with Gasteiger partial charge in [0.05, 0.1) is 0 Å². The first-order valence-corrected chi connectivity index (χ1v) is 4.80. The third-order valence-electron chi connectivity index (χ3n) is 2.15. The van der Waals surface area contributed by atoms with E-state index in [2.05, 4.69) is 0 Å². The van der Waals surface area contributed by atoms with Crippen LogP contribution in [0.3, 0.4) is 0 Å². The van der Waals surface area contributed by atoms with Crippen LogP contribution in [-0.4, -0.2) is 23.2 Å². The number of nitrogens with two attached hydrogens (primary N) is 1. The van der Waals surface area contributed by atoms with Crippen molar-refractivity contribution in [3.05, 3.63) is 35.6 Å². The molecule has 1 rings (SSSR count). The second-order valence-corrected chi connectivity index (χ2v) is 3.65. The van der Waals surface area contributed by atoms with Gasteiger partial charge in [0.1, 0.15) is 12.4 Å². The first-order valence-electron chi connectivity index (χ1n) is 4.80. The molecule has 0 aliphatic carbocycles. The zero-order chi connectivity index (χ0) is 12.2. The Balaban J connectivity index is 2.59. The molecular formula is C11H14FNO3. The maximum atomic E-state index is 13.1. The third kappa shape index (κ3) is 3.01. The molecule has 0 heterocycles. The molecule has 0 saturated carbocycles. The molecule has 0 aliphatic rings. The molecule has 0 aliphatic heterocycles. The summed E-state index contributed by atoms with van der Waals surface area (Å²) in [6.45, 7) is 0.779. The number of hydrogen-bond donors (Lipinski definition) is 2. The van der Waals surface area contributed by atoms with Gasteiger partial charge in [-0.05, 0) is 13.0 Å². The van der Waals surface area contributed by atoms with Crippen molar-refractivity contribution >= 4 is 5.97 Å². The van der Waals surface area contributed by atoms with E-state index >= 15 is 0 Å².